The SMILES string of the molecule is O=C(NCc1ccnc(-n2ccnc2)c1)C1CC1C1CCCCC1. The molecule has 2 saturated carbocycles. The normalized spacial score (nSPS) is 23.8. The van der Waals surface area contributed by atoms with Gasteiger partial charge >= 0.3 is 0 Å². The number of carbonyl (C=O) groups is 1. The number of pyridine rings is 1. The van der Waals surface area contributed by atoms with Gasteiger partial charge in [0.05, 0.1) is 0 Å². The van der Waals surface area contributed by atoms with Crippen LogP contribution in [-0.2, 0) is 11.3 Å². The molecule has 2 heterocycles. The van der Waals surface area contributed by atoms with Crippen molar-refractivity contribution in [1.82, 2.24) is 19.9 Å². The Hall–Kier alpha value is -2.17. The molecule has 0 spiro atoms. The van der Waals surface area contributed by atoms with Crippen molar-refractivity contribution in [2.75, 3.05) is 0 Å². The number of amides is 1. The molecule has 1 amide bonds. The molecule has 1 N–H and O–H groups in total. The fourth-order valence-electron chi connectivity index (χ4n) is 4.03. The van der Waals surface area contributed by atoms with Crippen LogP contribution in [0.3, 0.4) is 0 Å². The van der Waals surface area contributed by atoms with Gasteiger partial charge in [-0.2, -0.15) is 0 Å². The van der Waals surface area contributed by atoms with Gasteiger partial charge in [0.1, 0.15) is 12.1 Å². The molecule has 2 unspecified atom stereocenters. The predicted octanol–water partition coefficient (Wildman–Crippen LogP) is 3.10. The zero-order chi connectivity index (χ0) is 16.4. The van der Waals surface area contributed by atoms with Crippen LogP contribution in [0.25, 0.3) is 5.82 Å². The Balaban J connectivity index is 1.31. The number of nitrogens with one attached hydrogen (secondary N) is 1. The molecule has 4 rings (SSSR count). The first kappa shape index (κ1) is 15.4. The molecule has 2 atom stereocenters. The first-order valence-corrected chi connectivity index (χ1v) is 9.02. The molecule has 2 fully saturated rings. The zero-order valence-electron chi connectivity index (χ0n) is 13.9. The van der Waals surface area contributed by atoms with Crippen molar-refractivity contribution in [2.24, 2.45) is 17.8 Å². The van der Waals surface area contributed by atoms with E-state index in [0.717, 1.165) is 23.7 Å². The van der Waals surface area contributed by atoms with Crippen molar-refractivity contribution < 1.29 is 4.79 Å². The molecule has 24 heavy (non-hydrogen) atoms. The van der Waals surface area contributed by atoms with Crippen molar-refractivity contribution in [3.63, 3.8) is 0 Å². The van der Waals surface area contributed by atoms with E-state index in [1.807, 2.05) is 22.9 Å². The van der Waals surface area contributed by atoms with Gasteiger partial charge in [-0.05, 0) is 36.0 Å². The van der Waals surface area contributed by atoms with Crippen molar-refractivity contribution in [1.29, 1.82) is 0 Å². The summed E-state index contributed by atoms with van der Waals surface area (Å²) in [5, 5.41) is 3.11. The second kappa shape index (κ2) is 6.75. The average molecular weight is 324 g/mol. The molecule has 5 heteroatoms. The smallest absolute Gasteiger partial charge is 0.223 e. The first-order chi connectivity index (χ1) is 11.8. The molecule has 2 aromatic heterocycles. The van der Waals surface area contributed by atoms with Gasteiger partial charge in [-0.3, -0.25) is 9.36 Å². The molecule has 2 aromatic rings. The Kier molecular flexibility index (Phi) is 4.32. The van der Waals surface area contributed by atoms with E-state index in [0.29, 0.717) is 12.5 Å². The quantitative estimate of drug-likeness (QED) is 0.919. The van der Waals surface area contributed by atoms with Crippen molar-refractivity contribution in [2.45, 2.75) is 45.1 Å². The highest BCUT2D eigenvalue weighted by Crippen LogP contribution is 2.49. The fraction of sp³-hybridized carbons (Fsp3) is 0.526. The average Bonchev–Trinajstić information content (AvgIpc) is 3.25. The third kappa shape index (κ3) is 3.35. The topological polar surface area (TPSA) is 59.8 Å². The second-order valence-electron chi connectivity index (χ2n) is 7.11. The number of aromatic nitrogens is 3. The number of hydrogen-bond acceptors (Lipinski definition) is 3. The van der Waals surface area contributed by atoms with E-state index in [4.69, 9.17) is 0 Å². The van der Waals surface area contributed by atoms with Crippen LogP contribution in [0.4, 0.5) is 0 Å². The summed E-state index contributed by atoms with van der Waals surface area (Å²) in [5.74, 6) is 2.74. The van der Waals surface area contributed by atoms with Gasteiger partial charge < -0.3 is 5.32 Å². The zero-order valence-corrected chi connectivity index (χ0v) is 13.9. The largest absolute Gasteiger partial charge is 0.352 e. The van der Waals surface area contributed by atoms with Gasteiger partial charge in [-0.25, -0.2) is 9.97 Å². The maximum absolute atomic E-state index is 12.4. The number of carbonyl (C=O) groups excluding carboxylic acids is 1. The molecule has 5 nitrogen and oxygen atoms in total. The highest BCUT2D eigenvalue weighted by molar-refractivity contribution is 5.81. The summed E-state index contributed by atoms with van der Waals surface area (Å²) in [6.07, 6.45) is 14.9. The highest BCUT2D eigenvalue weighted by atomic mass is 16.2. The van der Waals surface area contributed by atoms with E-state index >= 15 is 0 Å². The van der Waals surface area contributed by atoms with Crippen molar-refractivity contribution >= 4 is 5.91 Å². The maximum Gasteiger partial charge on any atom is 0.223 e. The molecule has 0 aromatic carbocycles. The highest BCUT2D eigenvalue weighted by Gasteiger charge is 2.47. The third-order valence-electron chi connectivity index (χ3n) is 5.48. The Labute approximate surface area is 142 Å². The van der Waals surface area contributed by atoms with Crippen LogP contribution in [0.5, 0.6) is 0 Å². The van der Waals surface area contributed by atoms with E-state index in [1.54, 1.807) is 18.7 Å². The molecule has 0 aliphatic heterocycles. The summed E-state index contributed by atoms with van der Waals surface area (Å²) in [7, 11) is 0. The van der Waals surface area contributed by atoms with E-state index < -0.39 is 0 Å². The van der Waals surface area contributed by atoms with E-state index in [9.17, 15) is 4.79 Å². The van der Waals surface area contributed by atoms with Crippen LogP contribution in [-0.4, -0.2) is 20.4 Å². The van der Waals surface area contributed by atoms with Gasteiger partial charge in [-0.1, -0.05) is 32.1 Å². The van der Waals surface area contributed by atoms with Crippen LogP contribution in [0.15, 0.2) is 37.1 Å². The lowest BCUT2D eigenvalue weighted by molar-refractivity contribution is -0.123. The van der Waals surface area contributed by atoms with E-state index in [-0.39, 0.29) is 11.8 Å². The summed E-state index contributed by atoms with van der Waals surface area (Å²) in [4.78, 5) is 20.8. The molecule has 2 aliphatic carbocycles. The number of nitrogens with zero attached hydrogens (tertiary/aromatic N) is 3. The standard InChI is InChI=1S/C19H24N4O/c24-19(17-11-16(17)15-4-2-1-3-5-15)22-12-14-6-7-21-18(10-14)23-9-8-20-13-23/h6-10,13,15-17H,1-5,11-12H2,(H,22,24). The van der Waals surface area contributed by atoms with Gasteiger partial charge in [0, 0.05) is 31.1 Å². The van der Waals surface area contributed by atoms with Crippen LogP contribution in [0.1, 0.15) is 44.1 Å². The molecule has 2 aliphatic rings. The Bertz CT molecular complexity index is 691. The van der Waals surface area contributed by atoms with Crippen LogP contribution in [0, 0.1) is 17.8 Å². The minimum Gasteiger partial charge on any atom is -0.352 e. The maximum atomic E-state index is 12.4. The third-order valence-corrected chi connectivity index (χ3v) is 5.48. The summed E-state index contributed by atoms with van der Waals surface area (Å²) >= 11 is 0. The number of hydrogen-bond donors (Lipinski definition) is 1. The molecule has 126 valence electrons. The lowest BCUT2D eigenvalue weighted by Gasteiger charge is -2.21. The van der Waals surface area contributed by atoms with Gasteiger partial charge in [0.15, 0.2) is 0 Å². The summed E-state index contributed by atoms with van der Waals surface area (Å²) < 4.78 is 1.87. The minimum absolute atomic E-state index is 0.228. The Morgan fingerprint density at radius 1 is 1.25 bits per heavy atom. The van der Waals surface area contributed by atoms with Crippen LogP contribution < -0.4 is 5.32 Å². The van der Waals surface area contributed by atoms with Crippen LogP contribution in [0.2, 0.25) is 0 Å². The fourth-order valence-corrected chi connectivity index (χ4v) is 4.03. The summed E-state index contributed by atoms with van der Waals surface area (Å²) in [5.41, 5.74) is 1.07. The minimum atomic E-state index is 0.228. The second-order valence-corrected chi connectivity index (χ2v) is 7.11. The molecular weight excluding hydrogens is 300 g/mol. The van der Waals surface area contributed by atoms with Gasteiger partial charge in [0.2, 0.25) is 5.91 Å². The Morgan fingerprint density at radius 2 is 2.12 bits per heavy atom. The summed E-state index contributed by atoms with van der Waals surface area (Å²) in [6, 6.07) is 3.94. The summed E-state index contributed by atoms with van der Waals surface area (Å²) in [6.45, 7) is 0.566. The van der Waals surface area contributed by atoms with Crippen molar-refractivity contribution in [3.8, 4) is 5.82 Å². The predicted molar refractivity (Wildman–Crippen MR) is 91.4 cm³/mol. The molecule has 0 saturated heterocycles. The van der Waals surface area contributed by atoms with Gasteiger partial charge in [0.25, 0.3) is 0 Å². The van der Waals surface area contributed by atoms with Crippen molar-refractivity contribution in [3.05, 3.63) is 42.6 Å². The number of imidazole rings is 1. The first-order valence-electron chi connectivity index (χ1n) is 9.02. The monoisotopic (exact) mass is 324 g/mol. The molecular formula is C19H24N4O. The Morgan fingerprint density at radius 3 is 2.92 bits per heavy atom. The lowest BCUT2D eigenvalue weighted by Crippen LogP contribution is -2.26. The van der Waals surface area contributed by atoms with Crippen LogP contribution >= 0.6 is 0 Å². The molecule has 0 bridgehead atoms. The van der Waals surface area contributed by atoms with E-state index in [1.165, 1.54) is 32.1 Å². The lowest BCUT2D eigenvalue weighted by atomic mass is 9.85. The van der Waals surface area contributed by atoms with Gasteiger partial charge in [-0.15, -0.1) is 0 Å². The number of rotatable bonds is 5. The molecule has 0 radical (unpaired) electrons. The van der Waals surface area contributed by atoms with E-state index in [2.05, 4.69) is 15.3 Å².